The molecule has 0 saturated heterocycles. The number of rotatable bonds is 1. The van der Waals surface area contributed by atoms with Gasteiger partial charge in [0, 0.05) is 11.1 Å². The summed E-state index contributed by atoms with van der Waals surface area (Å²) in [6, 6.07) is 6.17. The van der Waals surface area contributed by atoms with Gasteiger partial charge in [-0.2, -0.15) is 0 Å². The Morgan fingerprint density at radius 2 is 1.93 bits per heavy atom. The summed E-state index contributed by atoms with van der Waals surface area (Å²) >= 11 is 0. The third-order valence-corrected chi connectivity index (χ3v) is 2.54. The van der Waals surface area contributed by atoms with E-state index in [-0.39, 0.29) is 5.41 Å². The Morgan fingerprint density at radius 1 is 1.20 bits per heavy atom. The molecule has 3 nitrogen and oxygen atoms in total. The fraction of sp³-hybridized carbons (Fsp3) is 0.500. The van der Waals surface area contributed by atoms with Gasteiger partial charge in [-0.15, -0.1) is 10.2 Å². The van der Waals surface area contributed by atoms with Crippen molar-refractivity contribution in [2.45, 2.75) is 39.5 Å². The van der Waals surface area contributed by atoms with Gasteiger partial charge in [-0.25, -0.2) is 0 Å². The van der Waals surface area contributed by atoms with Crippen molar-refractivity contribution in [3.63, 3.8) is 0 Å². The van der Waals surface area contributed by atoms with E-state index < -0.39 is 0 Å². The molecule has 2 rings (SSSR count). The molecule has 0 aromatic carbocycles. The molecule has 0 saturated carbocycles. The molecule has 2 aromatic rings. The van der Waals surface area contributed by atoms with E-state index in [4.69, 9.17) is 0 Å². The predicted octanol–water partition coefficient (Wildman–Crippen LogP) is 2.59. The summed E-state index contributed by atoms with van der Waals surface area (Å²) in [5, 5.41) is 8.49. The SMILES string of the molecule is CCc1cccc2nnc(C(C)(C)C)n12. The monoisotopic (exact) mass is 203 g/mol. The van der Waals surface area contributed by atoms with E-state index in [9.17, 15) is 0 Å². The van der Waals surface area contributed by atoms with Crippen LogP contribution < -0.4 is 0 Å². The minimum atomic E-state index is 0.0324. The van der Waals surface area contributed by atoms with Gasteiger partial charge in [0.1, 0.15) is 5.82 Å². The number of aromatic nitrogens is 3. The normalized spacial score (nSPS) is 12.3. The van der Waals surface area contributed by atoms with Gasteiger partial charge in [-0.3, -0.25) is 4.40 Å². The van der Waals surface area contributed by atoms with Gasteiger partial charge in [0.15, 0.2) is 5.65 Å². The highest BCUT2D eigenvalue weighted by molar-refractivity contribution is 5.41. The molecule has 0 unspecified atom stereocenters. The van der Waals surface area contributed by atoms with Crippen LogP contribution in [0.1, 0.15) is 39.2 Å². The molecule has 15 heavy (non-hydrogen) atoms. The molecule has 0 atom stereocenters. The molecule has 0 aliphatic heterocycles. The van der Waals surface area contributed by atoms with E-state index in [1.807, 2.05) is 12.1 Å². The van der Waals surface area contributed by atoms with Crippen LogP contribution in [0.3, 0.4) is 0 Å². The lowest BCUT2D eigenvalue weighted by atomic mass is 9.95. The van der Waals surface area contributed by atoms with Crippen molar-refractivity contribution in [2.24, 2.45) is 0 Å². The largest absolute Gasteiger partial charge is 0.283 e. The van der Waals surface area contributed by atoms with Crippen LogP contribution in [0.15, 0.2) is 18.2 Å². The van der Waals surface area contributed by atoms with Gasteiger partial charge in [-0.05, 0) is 18.6 Å². The van der Waals surface area contributed by atoms with Gasteiger partial charge in [-0.1, -0.05) is 33.8 Å². The second-order valence-corrected chi connectivity index (χ2v) is 4.84. The zero-order valence-electron chi connectivity index (χ0n) is 9.78. The maximum atomic E-state index is 4.29. The summed E-state index contributed by atoms with van der Waals surface area (Å²) in [5.41, 5.74) is 2.24. The van der Waals surface area contributed by atoms with Crippen molar-refractivity contribution in [1.29, 1.82) is 0 Å². The van der Waals surface area contributed by atoms with Crippen LogP contribution in [0.4, 0.5) is 0 Å². The highest BCUT2D eigenvalue weighted by atomic mass is 15.3. The van der Waals surface area contributed by atoms with Gasteiger partial charge in [0.25, 0.3) is 0 Å². The first-order valence-corrected chi connectivity index (χ1v) is 5.37. The van der Waals surface area contributed by atoms with Crippen molar-refractivity contribution in [3.8, 4) is 0 Å². The van der Waals surface area contributed by atoms with E-state index in [1.165, 1.54) is 5.69 Å². The lowest BCUT2D eigenvalue weighted by Gasteiger charge is -2.17. The van der Waals surface area contributed by atoms with E-state index in [0.717, 1.165) is 17.9 Å². The summed E-state index contributed by atoms with van der Waals surface area (Å²) in [6.45, 7) is 8.64. The summed E-state index contributed by atoms with van der Waals surface area (Å²) in [5.74, 6) is 1.04. The first-order chi connectivity index (χ1) is 7.04. The molecular formula is C12H17N3. The van der Waals surface area contributed by atoms with E-state index in [2.05, 4.69) is 48.4 Å². The van der Waals surface area contributed by atoms with Crippen molar-refractivity contribution in [2.75, 3.05) is 0 Å². The topological polar surface area (TPSA) is 30.2 Å². The average molecular weight is 203 g/mol. The first kappa shape index (κ1) is 10.1. The Balaban J connectivity index is 2.77. The molecule has 0 radical (unpaired) electrons. The quantitative estimate of drug-likeness (QED) is 0.713. The third-order valence-electron chi connectivity index (χ3n) is 2.54. The van der Waals surface area contributed by atoms with Crippen LogP contribution in [0.5, 0.6) is 0 Å². The summed E-state index contributed by atoms with van der Waals surface area (Å²) in [4.78, 5) is 0. The number of hydrogen-bond acceptors (Lipinski definition) is 2. The molecule has 0 spiro atoms. The highest BCUT2D eigenvalue weighted by Gasteiger charge is 2.21. The molecule has 2 aromatic heterocycles. The fourth-order valence-electron chi connectivity index (χ4n) is 1.77. The van der Waals surface area contributed by atoms with Gasteiger partial charge >= 0.3 is 0 Å². The van der Waals surface area contributed by atoms with Crippen LogP contribution in [0, 0.1) is 0 Å². The molecule has 0 bridgehead atoms. The zero-order valence-corrected chi connectivity index (χ0v) is 9.78. The highest BCUT2D eigenvalue weighted by Crippen LogP contribution is 2.22. The van der Waals surface area contributed by atoms with Crippen molar-refractivity contribution in [1.82, 2.24) is 14.6 Å². The molecule has 0 fully saturated rings. The van der Waals surface area contributed by atoms with Gasteiger partial charge in [0.2, 0.25) is 0 Å². The Kier molecular flexibility index (Phi) is 2.25. The molecule has 0 aliphatic rings. The van der Waals surface area contributed by atoms with Crippen LogP contribution >= 0.6 is 0 Å². The second kappa shape index (κ2) is 3.33. The number of hydrogen-bond donors (Lipinski definition) is 0. The second-order valence-electron chi connectivity index (χ2n) is 4.84. The molecule has 80 valence electrons. The number of fused-ring (bicyclic) bond motifs is 1. The standard InChI is InChI=1S/C12H17N3/c1-5-9-7-6-8-10-13-14-11(15(9)10)12(2,3)4/h6-8H,5H2,1-4H3. The molecule has 0 N–H and O–H groups in total. The minimum absolute atomic E-state index is 0.0324. The van der Waals surface area contributed by atoms with Crippen molar-refractivity contribution < 1.29 is 0 Å². The minimum Gasteiger partial charge on any atom is -0.283 e. The maximum Gasteiger partial charge on any atom is 0.160 e. The van der Waals surface area contributed by atoms with Crippen LogP contribution in [0.2, 0.25) is 0 Å². The maximum absolute atomic E-state index is 4.29. The van der Waals surface area contributed by atoms with Crippen LogP contribution in [-0.2, 0) is 11.8 Å². The lowest BCUT2D eigenvalue weighted by Crippen LogP contribution is -2.17. The predicted molar refractivity (Wildman–Crippen MR) is 61.1 cm³/mol. The zero-order chi connectivity index (χ0) is 11.1. The van der Waals surface area contributed by atoms with Gasteiger partial charge < -0.3 is 0 Å². The Morgan fingerprint density at radius 3 is 2.53 bits per heavy atom. The number of aryl methyl sites for hydroxylation is 1. The molecular weight excluding hydrogens is 186 g/mol. The summed E-state index contributed by atoms with van der Waals surface area (Å²) < 4.78 is 2.17. The van der Waals surface area contributed by atoms with Crippen LogP contribution in [0.25, 0.3) is 5.65 Å². The smallest absolute Gasteiger partial charge is 0.160 e. The van der Waals surface area contributed by atoms with Gasteiger partial charge in [0.05, 0.1) is 0 Å². The molecule has 2 heterocycles. The Bertz CT molecular complexity index is 477. The van der Waals surface area contributed by atoms with E-state index in [1.54, 1.807) is 0 Å². The first-order valence-electron chi connectivity index (χ1n) is 5.37. The van der Waals surface area contributed by atoms with Crippen molar-refractivity contribution in [3.05, 3.63) is 29.7 Å². The molecule has 0 amide bonds. The third kappa shape index (κ3) is 1.62. The Hall–Kier alpha value is -1.38. The van der Waals surface area contributed by atoms with Crippen molar-refractivity contribution >= 4 is 5.65 Å². The average Bonchev–Trinajstić information content (AvgIpc) is 2.59. The molecule has 3 heteroatoms. The number of nitrogens with zero attached hydrogens (tertiary/aromatic N) is 3. The van der Waals surface area contributed by atoms with E-state index in [0.29, 0.717) is 0 Å². The summed E-state index contributed by atoms with van der Waals surface area (Å²) in [6.07, 6.45) is 0.998. The van der Waals surface area contributed by atoms with Crippen LogP contribution in [-0.4, -0.2) is 14.6 Å². The summed E-state index contributed by atoms with van der Waals surface area (Å²) in [7, 11) is 0. The van der Waals surface area contributed by atoms with E-state index >= 15 is 0 Å². The lowest BCUT2D eigenvalue weighted by molar-refractivity contribution is 0.535. The Labute approximate surface area is 90.1 Å². The molecule has 0 aliphatic carbocycles. The fourth-order valence-corrected chi connectivity index (χ4v) is 1.77. The number of pyridine rings is 1.